The van der Waals surface area contributed by atoms with Gasteiger partial charge in [-0.1, -0.05) is 0 Å². The highest BCUT2D eigenvalue weighted by Gasteiger charge is 2.42. The number of carbonyl (C=O) groups is 1. The lowest BCUT2D eigenvalue weighted by molar-refractivity contribution is -0.153. The fourth-order valence-electron chi connectivity index (χ4n) is 1.75. The minimum atomic E-state index is -4.87. The Morgan fingerprint density at radius 2 is 1.89 bits per heavy atom. The van der Waals surface area contributed by atoms with E-state index >= 15 is 0 Å². The van der Waals surface area contributed by atoms with E-state index < -0.39 is 53.8 Å². The third-order valence-corrected chi connectivity index (χ3v) is 2.52. The van der Waals surface area contributed by atoms with Crippen molar-refractivity contribution in [3.8, 4) is 0 Å². The van der Waals surface area contributed by atoms with Gasteiger partial charge in [0.05, 0.1) is 11.5 Å². The summed E-state index contributed by atoms with van der Waals surface area (Å²) in [5, 5.41) is 8.63. The van der Waals surface area contributed by atoms with Gasteiger partial charge in [-0.3, -0.25) is 4.79 Å². The van der Waals surface area contributed by atoms with Crippen molar-refractivity contribution in [2.75, 3.05) is 6.61 Å². The van der Waals surface area contributed by atoms with E-state index in [0.717, 1.165) is 0 Å². The van der Waals surface area contributed by atoms with Gasteiger partial charge in [0.2, 0.25) is 0 Å². The van der Waals surface area contributed by atoms with Crippen molar-refractivity contribution in [2.24, 2.45) is 5.73 Å². The zero-order valence-electron chi connectivity index (χ0n) is 9.47. The first kappa shape index (κ1) is 15.4. The molecule has 0 saturated carbocycles. The maximum atomic E-state index is 13.4. The Morgan fingerprint density at radius 1 is 1.32 bits per heavy atom. The molecule has 0 radical (unpaired) electrons. The summed E-state index contributed by atoms with van der Waals surface area (Å²) >= 11 is 0. The van der Waals surface area contributed by atoms with Crippen LogP contribution in [0.25, 0.3) is 0 Å². The molecule has 0 aliphatic rings. The van der Waals surface area contributed by atoms with Crippen LogP contribution in [0.1, 0.15) is 28.3 Å². The second kappa shape index (κ2) is 5.52. The van der Waals surface area contributed by atoms with Crippen LogP contribution in [0.5, 0.6) is 0 Å². The lowest BCUT2D eigenvalue weighted by Crippen LogP contribution is -2.26. The molecule has 0 unspecified atom stereocenters. The van der Waals surface area contributed by atoms with Crippen molar-refractivity contribution in [2.45, 2.75) is 18.5 Å². The number of carbonyl (C=O) groups excluding carboxylic acids is 1. The van der Waals surface area contributed by atoms with Crippen LogP contribution in [0.2, 0.25) is 0 Å². The minimum absolute atomic E-state index is 0.274. The number of benzene rings is 1. The molecule has 0 aromatic heterocycles. The van der Waals surface area contributed by atoms with Gasteiger partial charge < -0.3 is 10.8 Å². The maximum absolute atomic E-state index is 13.4. The van der Waals surface area contributed by atoms with Gasteiger partial charge in [-0.25, -0.2) is 8.78 Å². The average molecular weight is 283 g/mol. The van der Waals surface area contributed by atoms with Crippen LogP contribution in [0.4, 0.5) is 22.0 Å². The number of hydrogen-bond acceptors (Lipinski definition) is 2. The number of rotatable bonds is 4. The van der Waals surface area contributed by atoms with Crippen LogP contribution >= 0.6 is 0 Å². The van der Waals surface area contributed by atoms with Crippen LogP contribution in [0.3, 0.4) is 0 Å². The number of hydrogen-bond donors (Lipinski definition) is 2. The normalized spacial score (nSPS) is 13.4. The monoisotopic (exact) mass is 283 g/mol. The molecule has 3 nitrogen and oxygen atoms in total. The summed E-state index contributed by atoms with van der Waals surface area (Å²) in [6, 6.07) is 0.674. The van der Waals surface area contributed by atoms with Crippen LogP contribution in [-0.4, -0.2) is 23.8 Å². The van der Waals surface area contributed by atoms with Crippen LogP contribution < -0.4 is 5.73 Å². The summed E-state index contributed by atoms with van der Waals surface area (Å²) in [5.74, 6) is -6.52. The molecule has 1 rings (SSSR count). The molecule has 0 bridgehead atoms. The molecule has 0 spiro atoms. The molecule has 3 N–H and O–H groups in total. The predicted octanol–water partition coefficient (Wildman–Crippen LogP) is 2.09. The summed E-state index contributed by atoms with van der Waals surface area (Å²) in [4.78, 5) is 11.0. The van der Waals surface area contributed by atoms with Crippen molar-refractivity contribution in [1.29, 1.82) is 0 Å². The third kappa shape index (κ3) is 3.40. The van der Waals surface area contributed by atoms with Gasteiger partial charge in [0, 0.05) is 12.7 Å². The SMILES string of the molecule is NC(=O)c1c(F)cc(F)cc1[C@@H](CCO)C(F)(F)F. The van der Waals surface area contributed by atoms with Crippen molar-refractivity contribution in [3.05, 3.63) is 34.9 Å². The third-order valence-electron chi connectivity index (χ3n) is 2.52. The molecule has 1 aromatic rings. The van der Waals surface area contributed by atoms with Gasteiger partial charge in [-0.05, 0) is 18.1 Å². The molecule has 106 valence electrons. The molecule has 0 fully saturated rings. The highest BCUT2D eigenvalue weighted by atomic mass is 19.4. The van der Waals surface area contributed by atoms with Crippen molar-refractivity contribution < 1.29 is 31.9 Å². The van der Waals surface area contributed by atoms with E-state index in [1.807, 2.05) is 0 Å². The molecule has 0 heterocycles. The van der Waals surface area contributed by atoms with E-state index in [2.05, 4.69) is 0 Å². The minimum Gasteiger partial charge on any atom is -0.396 e. The first-order valence-corrected chi connectivity index (χ1v) is 5.14. The summed E-state index contributed by atoms with van der Waals surface area (Å²) in [5.41, 5.74) is 2.88. The maximum Gasteiger partial charge on any atom is 0.395 e. The first-order valence-electron chi connectivity index (χ1n) is 5.14. The molecular formula is C11H10F5NO2. The fraction of sp³-hybridized carbons (Fsp3) is 0.364. The molecule has 0 saturated heterocycles. The standard InChI is InChI=1S/C11H10F5NO2/c12-5-3-6(7(1-2-18)11(14,15)16)9(10(17)19)8(13)4-5/h3-4,7,18H,1-2H2,(H2,17,19)/t7-/m1/s1. The summed E-state index contributed by atoms with van der Waals surface area (Å²) in [6.45, 7) is -0.861. The van der Waals surface area contributed by atoms with E-state index in [0.29, 0.717) is 6.07 Å². The topological polar surface area (TPSA) is 63.3 Å². The Hall–Kier alpha value is -1.70. The smallest absolute Gasteiger partial charge is 0.395 e. The van der Waals surface area contributed by atoms with E-state index in [1.165, 1.54) is 0 Å². The Balaban J connectivity index is 3.49. The largest absolute Gasteiger partial charge is 0.396 e. The molecule has 0 aliphatic heterocycles. The van der Waals surface area contributed by atoms with Gasteiger partial charge in [-0.2, -0.15) is 13.2 Å². The lowest BCUT2D eigenvalue weighted by atomic mass is 9.90. The van der Waals surface area contributed by atoms with Gasteiger partial charge in [-0.15, -0.1) is 0 Å². The van der Waals surface area contributed by atoms with Crippen molar-refractivity contribution in [1.82, 2.24) is 0 Å². The summed E-state index contributed by atoms with van der Waals surface area (Å²) in [6.07, 6.45) is -5.69. The van der Waals surface area contributed by atoms with Crippen LogP contribution in [-0.2, 0) is 0 Å². The van der Waals surface area contributed by atoms with Gasteiger partial charge in [0.15, 0.2) is 0 Å². The van der Waals surface area contributed by atoms with E-state index in [-0.39, 0.29) is 6.07 Å². The number of aliphatic hydroxyl groups is 1. The van der Waals surface area contributed by atoms with E-state index in [4.69, 9.17) is 10.8 Å². The molecule has 1 amide bonds. The number of aliphatic hydroxyl groups excluding tert-OH is 1. The second-order valence-corrected chi connectivity index (χ2v) is 3.82. The molecule has 1 aromatic carbocycles. The summed E-state index contributed by atoms with van der Waals surface area (Å²) in [7, 11) is 0. The van der Waals surface area contributed by atoms with Gasteiger partial charge in [0.25, 0.3) is 5.91 Å². The zero-order chi connectivity index (χ0) is 14.8. The molecule has 0 aliphatic carbocycles. The Labute approximate surface area is 104 Å². The van der Waals surface area contributed by atoms with Crippen molar-refractivity contribution in [3.63, 3.8) is 0 Å². The number of nitrogens with two attached hydrogens (primary N) is 1. The molecule has 19 heavy (non-hydrogen) atoms. The average Bonchev–Trinajstić information content (AvgIpc) is 2.22. The zero-order valence-corrected chi connectivity index (χ0v) is 9.47. The number of amides is 1. The predicted molar refractivity (Wildman–Crippen MR) is 55.4 cm³/mol. The number of primary amides is 1. The van der Waals surface area contributed by atoms with Crippen molar-refractivity contribution >= 4 is 5.91 Å². The van der Waals surface area contributed by atoms with E-state index in [9.17, 15) is 26.7 Å². The lowest BCUT2D eigenvalue weighted by Gasteiger charge is -2.22. The molecule has 8 heteroatoms. The second-order valence-electron chi connectivity index (χ2n) is 3.82. The van der Waals surface area contributed by atoms with Gasteiger partial charge >= 0.3 is 6.18 Å². The quantitative estimate of drug-likeness (QED) is 0.831. The molecular weight excluding hydrogens is 273 g/mol. The highest BCUT2D eigenvalue weighted by Crippen LogP contribution is 2.39. The summed E-state index contributed by atoms with van der Waals surface area (Å²) < 4.78 is 64.8. The Kier molecular flexibility index (Phi) is 4.46. The fourth-order valence-corrected chi connectivity index (χ4v) is 1.75. The Bertz CT molecular complexity index is 487. The van der Waals surface area contributed by atoms with Crippen LogP contribution in [0, 0.1) is 11.6 Å². The number of halogens is 5. The number of alkyl halides is 3. The first-order chi connectivity index (χ1) is 8.68. The molecule has 1 atom stereocenters. The highest BCUT2D eigenvalue weighted by molar-refractivity contribution is 5.94. The Morgan fingerprint density at radius 3 is 2.32 bits per heavy atom. The van der Waals surface area contributed by atoms with E-state index in [1.54, 1.807) is 0 Å². The van der Waals surface area contributed by atoms with Gasteiger partial charge in [0.1, 0.15) is 11.6 Å². The van der Waals surface area contributed by atoms with Crippen LogP contribution in [0.15, 0.2) is 12.1 Å².